The van der Waals surface area contributed by atoms with Crippen LogP contribution >= 0.6 is 23.2 Å². The summed E-state index contributed by atoms with van der Waals surface area (Å²) in [5.74, 6) is -3.12. The topological polar surface area (TPSA) is 164 Å². The minimum atomic E-state index is -4.80. The third kappa shape index (κ3) is 5.55. The molecule has 41 heavy (non-hydrogen) atoms. The number of primary amides is 1. The van der Waals surface area contributed by atoms with Crippen molar-refractivity contribution in [3.8, 4) is 5.82 Å². The van der Waals surface area contributed by atoms with Gasteiger partial charge < -0.3 is 11.1 Å². The number of halogens is 5. The summed E-state index contributed by atoms with van der Waals surface area (Å²) in [6, 6.07) is 7.59. The van der Waals surface area contributed by atoms with Gasteiger partial charge in [-0.1, -0.05) is 36.5 Å². The second-order valence-electron chi connectivity index (χ2n) is 8.64. The monoisotopic (exact) mass is 607 g/mol. The van der Waals surface area contributed by atoms with Crippen LogP contribution in [0.2, 0.25) is 10.0 Å². The molecule has 0 aliphatic heterocycles. The van der Waals surface area contributed by atoms with Gasteiger partial charge in [-0.2, -0.15) is 28.2 Å². The predicted octanol–water partition coefficient (Wildman–Crippen LogP) is 3.58. The molecule has 18 heteroatoms. The van der Waals surface area contributed by atoms with Gasteiger partial charge in [0.25, 0.3) is 17.6 Å². The normalized spacial score (nSPS) is 11.8. The van der Waals surface area contributed by atoms with E-state index in [1.807, 2.05) is 6.92 Å². The summed E-state index contributed by atoms with van der Waals surface area (Å²) >= 11 is 12.8. The number of nitrogens with two attached hydrogens (primary N) is 1. The molecule has 0 fully saturated rings. The van der Waals surface area contributed by atoms with E-state index in [0.717, 1.165) is 11.1 Å². The number of anilines is 1. The molecule has 0 aromatic carbocycles. The summed E-state index contributed by atoms with van der Waals surface area (Å²) in [7, 11) is 0. The first-order valence-electron chi connectivity index (χ1n) is 11.8. The molecule has 0 saturated carbocycles. The number of hydrogen-bond donors (Lipinski definition) is 2. The lowest BCUT2D eigenvalue weighted by atomic mass is 10.2. The highest BCUT2D eigenvalue weighted by Gasteiger charge is 2.37. The van der Waals surface area contributed by atoms with E-state index in [9.17, 15) is 22.8 Å². The van der Waals surface area contributed by atoms with E-state index < -0.39 is 23.8 Å². The summed E-state index contributed by atoms with van der Waals surface area (Å²) in [5.41, 5.74) is 6.47. The number of hydrogen-bond acceptors (Lipinski definition) is 8. The maximum atomic E-state index is 13.6. The zero-order chi connectivity index (χ0) is 29.5. The maximum Gasteiger partial charge on any atom is 0.455 e. The van der Waals surface area contributed by atoms with Crippen LogP contribution < -0.4 is 11.1 Å². The lowest BCUT2D eigenvalue weighted by Gasteiger charge is -2.13. The van der Waals surface area contributed by atoms with E-state index in [1.165, 1.54) is 28.9 Å². The molecular weight excluding hydrogens is 590 g/mol. The third-order valence-electron chi connectivity index (χ3n) is 5.67. The van der Waals surface area contributed by atoms with Gasteiger partial charge in [0.05, 0.1) is 32.6 Å². The van der Waals surface area contributed by atoms with Crippen molar-refractivity contribution in [2.75, 3.05) is 5.32 Å². The Morgan fingerprint density at radius 3 is 2.51 bits per heavy atom. The van der Waals surface area contributed by atoms with Gasteiger partial charge in [0.15, 0.2) is 11.5 Å². The number of pyridine rings is 2. The van der Waals surface area contributed by atoms with E-state index in [1.54, 1.807) is 12.1 Å². The van der Waals surface area contributed by atoms with Gasteiger partial charge in [0, 0.05) is 6.20 Å². The standard InChI is InChI=1S/C23H18Cl2F3N11O2/c1-2-4-11-7-13-9-15(25)17(18(19(29)40)38(13)33-11)31-21(41)16-8-12(10-37-35-22(32-36-37)23(26,27)28)34-39(16)20-14(24)5-3-6-30-20/h3,5-9H,2,4,10H2,1H3,(H2,29,40)(H,31,41). The fourth-order valence-corrected chi connectivity index (χ4v) is 4.43. The van der Waals surface area contributed by atoms with Gasteiger partial charge in [-0.25, -0.2) is 14.2 Å². The highest BCUT2D eigenvalue weighted by molar-refractivity contribution is 6.35. The molecule has 5 aromatic rings. The Hall–Kier alpha value is -4.57. The first kappa shape index (κ1) is 28.0. The first-order valence-corrected chi connectivity index (χ1v) is 12.6. The van der Waals surface area contributed by atoms with E-state index in [-0.39, 0.29) is 45.2 Å². The maximum absolute atomic E-state index is 13.6. The summed E-state index contributed by atoms with van der Waals surface area (Å²) < 4.78 is 41.1. The molecule has 5 rings (SSSR count). The van der Waals surface area contributed by atoms with Crippen molar-refractivity contribution in [2.45, 2.75) is 32.5 Å². The van der Waals surface area contributed by atoms with Gasteiger partial charge in [0.2, 0.25) is 0 Å². The van der Waals surface area contributed by atoms with E-state index in [4.69, 9.17) is 28.9 Å². The summed E-state index contributed by atoms with van der Waals surface area (Å²) in [4.78, 5) is 30.9. The van der Waals surface area contributed by atoms with Gasteiger partial charge in [-0.05, 0) is 42.0 Å². The molecule has 5 heterocycles. The van der Waals surface area contributed by atoms with Crippen molar-refractivity contribution < 1.29 is 22.8 Å². The van der Waals surface area contributed by atoms with Crippen LogP contribution in [-0.2, 0) is 19.1 Å². The molecule has 212 valence electrons. The van der Waals surface area contributed by atoms with Gasteiger partial charge >= 0.3 is 6.18 Å². The Kier molecular flexibility index (Phi) is 7.35. The number of fused-ring (bicyclic) bond motifs is 1. The van der Waals surface area contributed by atoms with Gasteiger partial charge in [0.1, 0.15) is 12.2 Å². The quantitative estimate of drug-likeness (QED) is 0.270. The van der Waals surface area contributed by atoms with Crippen LogP contribution in [0.5, 0.6) is 0 Å². The molecule has 0 aliphatic carbocycles. The number of nitrogens with one attached hydrogen (secondary N) is 1. The smallest absolute Gasteiger partial charge is 0.364 e. The van der Waals surface area contributed by atoms with Gasteiger partial charge in [-0.3, -0.25) is 9.59 Å². The van der Waals surface area contributed by atoms with Crippen LogP contribution in [0.15, 0.2) is 36.5 Å². The van der Waals surface area contributed by atoms with Crippen molar-refractivity contribution in [3.05, 3.63) is 75.2 Å². The fourth-order valence-electron chi connectivity index (χ4n) is 3.98. The lowest BCUT2D eigenvalue weighted by molar-refractivity contribution is -0.145. The van der Waals surface area contributed by atoms with Crippen LogP contribution in [0.1, 0.15) is 51.5 Å². The molecule has 0 saturated heterocycles. The molecule has 0 radical (unpaired) electrons. The van der Waals surface area contributed by atoms with Crippen LogP contribution in [0.3, 0.4) is 0 Å². The van der Waals surface area contributed by atoms with Crippen molar-refractivity contribution in [2.24, 2.45) is 5.73 Å². The largest absolute Gasteiger partial charge is 0.455 e. The Labute approximate surface area is 238 Å². The average molecular weight is 608 g/mol. The van der Waals surface area contributed by atoms with Crippen molar-refractivity contribution >= 4 is 46.2 Å². The van der Waals surface area contributed by atoms with Crippen LogP contribution in [0.25, 0.3) is 11.3 Å². The minimum absolute atomic E-state index is 0.0104. The SMILES string of the molecule is CCCc1cc2cc(Cl)c(NC(=O)c3cc(Cn4nnc(C(F)(F)F)n4)nn3-c3ncccc3Cl)c(C(N)=O)n2n1. The summed E-state index contributed by atoms with van der Waals surface area (Å²) in [6.07, 6.45) is -1.96. The first-order chi connectivity index (χ1) is 19.5. The van der Waals surface area contributed by atoms with Crippen LogP contribution in [0.4, 0.5) is 18.9 Å². The zero-order valence-electron chi connectivity index (χ0n) is 20.9. The molecule has 0 unspecified atom stereocenters. The Morgan fingerprint density at radius 1 is 1.07 bits per heavy atom. The average Bonchev–Trinajstić information content (AvgIpc) is 3.63. The second-order valence-corrected chi connectivity index (χ2v) is 9.45. The number of amides is 2. The molecule has 0 spiro atoms. The molecular formula is C23H18Cl2F3N11O2. The highest BCUT2D eigenvalue weighted by Crippen LogP contribution is 2.30. The predicted molar refractivity (Wildman–Crippen MR) is 139 cm³/mol. The van der Waals surface area contributed by atoms with E-state index in [2.05, 4.69) is 35.9 Å². The summed E-state index contributed by atoms with van der Waals surface area (Å²) in [6.45, 7) is 1.59. The zero-order valence-corrected chi connectivity index (χ0v) is 22.4. The Morgan fingerprint density at radius 2 is 1.85 bits per heavy atom. The fraction of sp³-hybridized carbons (Fsp3) is 0.217. The summed E-state index contributed by atoms with van der Waals surface area (Å²) in [5, 5.41) is 21.1. The van der Waals surface area contributed by atoms with Crippen LogP contribution in [-0.4, -0.2) is 56.4 Å². The molecule has 13 nitrogen and oxygen atoms in total. The number of tetrazole rings is 1. The van der Waals surface area contributed by atoms with Gasteiger partial charge in [-0.15, -0.1) is 10.2 Å². The third-order valence-corrected chi connectivity index (χ3v) is 6.26. The molecule has 3 N–H and O–H groups in total. The van der Waals surface area contributed by atoms with Crippen molar-refractivity contribution in [1.82, 2.24) is 44.6 Å². The number of carbonyl (C=O) groups excluding carboxylic acids is 2. The Balaban J connectivity index is 1.56. The number of aromatic nitrogens is 9. The molecule has 5 aromatic heterocycles. The molecule has 0 atom stereocenters. The number of alkyl halides is 3. The lowest BCUT2D eigenvalue weighted by Crippen LogP contribution is -2.24. The number of rotatable bonds is 8. The number of carbonyl (C=O) groups is 2. The Bertz CT molecular complexity index is 1800. The number of nitrogens with zero attached hydrogens (tertiary/aromatic N) is 9. The van der Waals surface area contributed by atoms with Crippen LogP contribution in [0, 0.1) is 0 Å². The molecule has 2 amide bonds. The second kappa shape index (κ2) is 10.8. The van der Waals surface area contributed by atoms with Crippen molar-refractivity contribution in [1.29, 1.82) is 0 Å². The van der Waals surface area contributed by atoms with Crippen molar-refractivity contribution in [3.63, 3.8) is 0 Å². The number of aryl methyl sites for hydroxylation is 1. The molecule has 0 aliphatic rings. The minimum Gasteiger partial charge on any atom is -0.364 e. The highest BCUT2D eigenvalue weighted by atomic mass is 35.5. The van der Waals surface area contributed by atoms with E-state index >= 15 is 0 Å². The molecule has 0 bridgehead atoms. The van der Waals surface area contributed by atoms with E-state index in [0.29, 0.717) is 22.4 Å².